The Morgan fingerprint density at radius 2 is 1.58 bits per heavy atom. The molecule has 0 saturated carbocycles. The highest BCUT2D eigenvalue weighted by atomic mass is 16.5. The first-order valence-corrected chi connectivity index (χ1v) is 10.7. The van der Waals surface area contributed by atoms with E-state index >= 15 is 0 Å². The standard InChI is InChI=1S/C26H27NO6/c1-31-16-11-12-21(24(13-16)32-2)25(29)23(28)14-27-26(30)33-15-22-19-9-5-3-7-17(19)18-8-4-6-10-20(18)22/h3-13,22-23,25,28-29H,14-15H2,1-2H3,(H,27,30). The summed E-state index contributed by atoms with van der Waals surface area (Å²) in [4.78, 5) is 12.3. The topological polar surface area (TPSA) is 97.2 Å². The van der Waals surface area contributed by atoms with Crippen LogP contribution in [0.25, 0.3) is 11.1 Å². The van der Waals surface area contributed by atoms with E-state index in [0.717, 1.165) is 22.3 Å². The van der Waals surface area contributed by atoms with Crippen LogP contribution in [-0.2, 0) is 4.74 Å². The Bertz CT molecular complexity index is 1090. The first-order chi connectivity index (χ1) is 16.0. The molecule has 7 heteroatoms. The normalized spacial score (nSPS) is 14.1. The molecule has 1 aliphatic carbocycles. The second-order valence-electron chi connectivity index (χ2n) is 7.83. The second-order valence-corrected chi connectivity index (χ2v) is 7.83. The highest BCUT2D eigenvalue weighted by Crippen LogP contribution is 2.44. The minimum Gasteiger partial charge on any atom is -0.497 e. The van der Waals surface area contributed by atoms with Gasteiger partial charge in [-0.2, -0.15) is 0 Å². The molecule has 1 amide bonds. The molecule has 0 spiro atoms. The number of benzene rings is 3. The quantitative estimate of drug-likeness (QED) is 0.486. The molecule has 172 valence electrons. The number of fused-ring (bicyclic) bond motifs is 3. The average molecular weight is 450 g/mol. The number of hydrogen-bond acceptors (Lipinski definition) is 6. The Kier molecular flexibility index (Phi) is 6.82. The number of ether oxygens (including phenoxy) is 3. The molecule has 1 aliphatic rings. The summed E-state index contributed by atoms with van der Waals surface area (Å²) in [5.41, 5.74) is 4.92. The van der Waals surface area contributed by atoms with Crippen LogP contribution < -0.4 is 14.8 Å². The summed E-state index contributed by atoms with van der Waals surface area (Å²) in [7, 11) is 2.99. The molecule has 0 fully saturated rings. The molecule has 3 aromatic rings. The molecule has 2 unspecified atom stereocenters. The number of hydrogen-bond donors (Lipinski definition) is 3. The fraction of sp³-hybridized carbons (Fsp3) is 0.269. The molecule has 7 nitrogen and oxygen atoms in total. The summed E-state index contributed by atoms with van der Waals surface area (Å²) in [6.07, 6.45) is -3.18. The molecule has 2 atom stereocenters. The zero-order chi connectivity index (χ0) is 23.4. The van der Waals surface area contributed by atoms with E-state index in [1.807, 2.05) is 36.4 Å². The molecule has 4 rings (SSSR count). The van der Waals surface area contributed by atoms with Crippen molar-refractivity contribution in [1.29, 1.82) is 0 Å². The van der Waals surface area contributed by atoms with Gasteiger partial charge in [-0.05, 0) is 34.4 Å². The Hall–Kier alpha value is -3.55. The molecule has 3 aromatic carbocycles. The molecular formula is C26H27NO6. The van der Waals surface area contributed by atoms with Crippen molar-refractivity contribution >= 4 is 6.09 Å². The van der Waals surface area contributed by atoms with Gasteiger partial charge < -0.3 is 29.7 Å². The number of nitrogens with one attached hydrogen (secondary N) is 1. The number of rotatable bonds is 8. The number of aliphatic hydroxyl groups excluding tert-OH is 2. The maximum absolute atomic E-state index is 12.3. The maximum atomic E-state index is 12.3. The Balaban J connectivity index is 1.35. The van der Waals surface area contributed by atoms with Crippen LogP contribution in [-0.4, -0.2) is 49.8 Å². The summed E-state index contributed by atoms with van der Waals surface area (Å²) in [6, 6.07) is 21.1. The van der Waals surface area contributed by atoms with Crippen LogP contribution in [0.1, 0.15) is 28.7 Å². The van der Waals surface area contributed by atoms with Gasteiger partial charge in [-0.15, -0.1) is 0 Å². The fourth-order valence-corrected chi connectivity index (χ4v) is 4.22. The van der Waals surface area contributed by atoms with E-state index in [2.05, 4.69) is 17.4 Å². The van der Waals surface area contributed by atoms with Crippen LogP contribution in [0.2, 0.25) is 0 Å². The monoisotopic (exact) mass is 449 g/mol. The van der Waals surface area contributed by atoms with Crippen LogP contribution in [0.4, 0.5) is 4.79 Å². The molecule has 0 aromatic heterocycles. The lowest BCUT2D eigenvalue weighted by molar-refractivity contribution is 0.0172. The van der Waals surface area contributed by atoms with Gasteiger partial charge in [-0.3, -0.25) is 0 Å². The molecule has 0 radical (unpaired) electrons. The van der Waals surface area contributed by atoms with Gasteiger partial charge in [0.25, 0.3) is 0 Å². The Labute approximate surface area is 192 Å². The van der Waals surface area contributed by atoms with Gasteiger partial charge >= 0.3 is 6.09 Å². The third kappa shape index (κ3) is 4.65. The predicted molar refractivity (Wildman–Crippen MR) is 124 cm³/mol. The van der Waals surface area contributed by atoms with Crippen molar-refractivity contribution in [1.82, 2.24) is 5.32 Å². The molecule has 0 heterocycles. The number of carbonyl (C=O) groups excluding carboxylic acids is 1. The number of aliphatic hydroxyl groups is 2. The molecular weight excluding hydrogens is 422 g/mol. The van der Waals surface area contributed by atoms with Crippen molar-refractivity contribution in [3.05, 3.63) is 83.4 Å². The zero-order valence-electron chi connectivity index (χ0n) is 18.5. The van der Waals surface area contributed by atoms with Crippen molar-refractivity contribution in [3.8, 4) is 22.6 Å². The first kappa shape index (κ1) is 22.6. The molecule has 0 aliphatic heterocycles. The highest BCUT2D eigenvalue weighted by molar-refractivity contribution is 5.79. The van der Waals surface area contributed by atoms with Gasteiger partial charge in [0.2, 0.25) is 0 Å². The molecule has 0 bridgehead atoms. The third-order valence-corrected chi connectivity index (χ3v) is 5.92. The van der Waals surface area contributed by atoms with Crippen molar-refractivity contribution in [2.75, 3.05) is 27.4 Å². The minimum atomic E-state index is -1.26. The lowest BCUT2D eigenvalue weighted by atomic mass is 9.98. The van der Waals surface area contributed by atoms with Crippen LogP contribution in [0.15, 0.2) is 66.7 Å². The molecule has 33 heavy (non-hydrogen) atoms. The summed E-state index contributed by atoms with van der Waals surface area (Å²) >= 11 is 0. The van der Waals surface area contributed by atoms with Gasteiger partial charge in [0.05, 0.1) is 14.2 Å². The summed E-state index contributed by atoms with van der Waals surface area (Å²) in [5, 5.41) is 23.5. The van der Waals surface area contributed by atoms with Crippen LogP contribution in [0.3, 0.4) is 0 Å². The van der Waals surface area contributed by atoms with Gasteiger partial charge in [-0.25, -0.2) is 4.79 Å². The van der Waals surface area contributed by atoms with Crippen molar-refractivity contribution in [2.45, 2.75) is 18.1 Å². The zero-order valence-corrected chi connectivity index (χ0v) is 18.5. The lowest BCUT2D eigenvalue weighted by Gasteiger charge is -2.21. The van der Waals surface area contributed by atoms with Crippen LogP contribution >= 0.6 is 0 Å². The molecule has 3 N–H and O–H groups in total. The van der Waals surface area contributed by atoms with Crippen LogP contribution in [0.5, 0.6) is 11.5 Å². The third-order valence-electron chi connectivity index (χ3n) is 5.92. The van der Waals surface area contributed by atoms with Gasteiger partial charge in [-0.1, -0.05) is 48.5 Å². The summed E-state index contributed by atoms with van der Waals surface area (Å²) < 4.78 is 15.9. The van der Waals surface area contributed by atoms with E-state index in [1.54, 1.807) is 18.2 Å². The second kappa shape index (κ2) is 9.94. The first-order valence-electron chi connectivity index (χ1n) is 10.7. The smallest absolute Gasteiger partial charge is 0.407 e. The summed E-state index contributed by atoms with van der Waals surface area (Å²) in [5.74, 6) is 0.887. The number of methoxy groups -OCH3 is 2. The SMILES string of the molecule is COc1ccc(C(O)C(O)CNC(=O)OCC2c3ccccc3-c3ccccc32)c(OC)c1. The number of amides is 1. The lowest BCUT2D eigenvalue weighted by Crippen LogP contribution is -2.36. The number of alkyl carbamates (subject to hydrolysis) is 1. The van der Waals surface area contributed by atoms with E-state index in [0.29, 0.717) is 17.1 Å². The van der Waals surface area contributed by atoms with E-state index < -0.39 is 18.3 Å². The predicted octanol–water partition coefficient (Wildman–Crippen LogP) is 3.64. The van der Waals surface area contributed by atoms with E-state index in [9.17, 15) is 15.0 Å². The van der Waals surface area contributed by atoms with Crippen molar-refractivity contribution in [2.24, 2.45) is 0 Å². The van der Waals surface area contributed by atoms with Gasteiger partial charge in [0, 0.05) is 24.1 Å². The maximum Gasteiger partial charge on any atom is 0.407 e. The fourth-order valence-electron chi connectivity index (χ4n) is 4.22. The Morgan fingerprint density at radius 3 is 2.18 bits per heavy atom. The van der Waals surface area contributed by atoms with Crippen LogP contribution in [0, 0.1) is 0 Å². The van der Waals surface area contributed by atoms with Crippen molar-refractivity contribution < 1.29 is 29.2 Å². The highest BCUT2D eigenvalue weighted by Gasteiger charge is 2.29. The largest absolute Gasteiger partial charge is 0.497 e. The minimum absolute atomic E-state index is 0.0535. The van der Waals surface area contributed by atoms with E-state index in [4.69, 9.17) is 14.2 Å². The molecule has 0 saturated heterocycles. The van der Waals surface area contributed by atoms with E-state index in [-0.39, 0.29) is 19.1 Å². The average Bonchev–Trinajstić information content (AvgIpc) is 3.18. The van der Waals surface area contributed by atoms with Crippen molar-refractivity contribution in [3.63, 3.8) is 0 Å². The van der Waals surface area contributed by atoms with E-state index in [1.165, 1.54) is 14.2 Å². The Morgan fingerprint density at radius 1 is 0.939 bits per heavy atom. The van der Waals surface area contributed by atoms with Gasteiger partial charge in [0.15, 0.2) is 0 Å². The van der Waals surface area contributed by atoms with Gasteiger partial charge in [0.1, 0.15) is 30.3 Å². The summed E-state index contributed by atoms with van der Waals surface area (Å²) in [6.45, 7) is -0.0160. The number of carbonyl (C=O) groups is 1.